The van der Waals surface area contributed by atoms with E-state index in [2.05, 4.69) is 70.3 Å². The highest BCUT2D eigenvalue weighted by atomic mass is 16.3. The van der Waals surface area contributed by atoms with E-state index in [0.29, 0.717) is 12.1 Å². The van der Waals surface area contributed by atoms with Gasteiger partial charge in [-0.3, -0.25) is 0 Å². The molecule has 1 saturated carbocycles. The van der Waals surface area contributed by atoms with Crippen molar-refractivity contribution < 1.29 is 5.11 Å². The van der Waals surface area contributed by atoms with Gasteiger partial charge >= 0.3 is 0 Å². The van der Waals surface area contributed by atoms with Gasteiger partial charge in [0.15, 0.2) is 0 Å². The first-order valence-corrected chi connectivity index (χ1v) is 7.73. The Kier molecular flexibility index (Phi) is 4.27. The van der Waals surface area contributed by atoms with Crippen molar-refractivity contribution in [3.05, 3.63) is 35.9 Å². The van der Waals surface area contributed by atoms with E-state index in [1.54, 1.807) is 0 Å². The zero-order valence-electron chi connectivity index (χ0n) is 13.5. The first kappa shape index (κ1) is 15.5. The van der Waals surface area contributed by atoms with Crippen LogP contribution in [0.25, 0.3) is 0 Å². The van der Waals surface area contributed by atoms with Crippen molar-refractivity contribution in [2.24, 2.45) is 5.41 Å². The van der Waals surface area contributed by atoms with Gasteiger partial charge in [0.25, 0.3) is 0 Å². The SMILES string of the molecule is CC(CC(C)(C)c1ccccc1)NC1CC(O)C1(C)C. The van der Waals surface area contributed by atoms with E-state index in [4.69, 9.17) is 0 Å². The Hall–Kier alpha value is -0.860. The van der Waals surface area contributed by atoms with Crippen LogP contribution in [-0.2, 0) is 5.41 Å². The molecule has 1 aromatic rings. The molecule has 0 aromatic heterocycles. The number of hydrogen-bond acceptors (Lipinski definition) is 2. The Bertz CT molecular complexity index is 438. The van der Waals surface area contributed by atoms with Crippen LogP contribution in [-0.4, -0.2) is 23.3 Å². The molecular weight excluding hydrogens is 246 g/mol. The molecule has 0 spiro atoms. The van der Waals surface area contributed by atoms with Crippen LogP contribution in [0.5, 0.6) is 0 Å². The lowest BCUT2D eigenvalue weighted by Crippen LogP contribution is -2.61. The highest BCUT2D eigenvalue weighted by Crippen LogP contribution is 2.41. The molecular formula is C18H29NO. The fraction of sp³-hybridized carbons (Fsp3) is 0.667. The molecule has 0 heterocycles. The smallest absolute Gasteiger partial charge is 0.0621 e. The van der Waals surface area contributed by atoms with Crippen LogP contribution in [0.2, 0.25) is 0 Å². The molecule has 0 saturated heterocycles. The Morgan fingerprint density at radius 3 is 2.40 bits per heavy atom. The molecule has 112 valence electrons. The van der Waals surface area contributed by atoms with Crippen molar-refractivity contribution in [3.8, 4) is 0 Å². The second kappa shape index (κ2) is 5.50. The van der Waals surface area contributed by atoms with E-state index in [-0.39, 0.29) is 16.9 Å². The average Bonchev–Trinajstić information content (AvgIpc) is 2.39. The molecule has 1 aromatic carbocycles. The molecule has 1 aliphatic rings. The molecule has 2 heteroatoms. The van der Waals surface area contributed by atoms with Crippen LogP contribution >= 0.6 is 0 Å². The molecule has 3 unspecified atom stereocenters. The lowest BCUT2D eigenvalue weighted by molar-refractivity contribution is -0.0760. The van der Waals surface area contributed by atoms with Crippen molar-refractivity contribution in [1.29, 1.82) is 0 Å². The average molecular weight is 275 g/mol. The van der Waals surface area contributed by atoms with Crippen molar-refractivity contribution in [1.82, 2.24) is 5.32 Å². The van der Waals surface area contributed by atoms with E-state index in [0.717, 1.165) is 12.8 Å². The van der Waals surface area contributed by atoms with E-state index < -0.39 is 0 Å². The summed E-state index contributed by atoms with van der Waals surface area (Å²) in [5.74, 6) is 0. The summed E-state index contributed by atoms with van der Waals surface area (Å²) in [7, 11) is 0. The minimum Gasteiger partial charge on any atom is -0.392 e. The molecule has 0 bridgehead atoms. The molecule has 1 aliphatic carbocycles. The van der Waals surface area contributed by atoms with Gasteiger partial charge < -0.3 is 10.4 Å². The van der Waals surface area contributed by atoms with Gasteiger partial charge in [-0.2, -0.15) is 0 Å². The first-order chi connectivity index (χ1) is 9.23. The summed E-state index contributed by atoms with van der Waals surface area (Å²) in [6.07, 6.45) is 1.82. The maximum atomic E-state index is 9.83. The standard InChI is InChI=1S/C18H29NO/c1-13(19-15-11-16(20)18(15,4)5)12-17(2,3)14-9-7-6-8-10-14/h6-10,13,15-16,19-20H,11-12H2,1-5H3. The van der Waals surface area contributed by atoms with Gasteiger partial charge in [0, 0.05) is 17.5 Å². The van der Waals surface area contributed by atoms with Crippen molar-refractivity contribution in [2.45, 2.75) is 71.1 Å². The third kappa shape index (κ3) is 3.07. The van der Waals surface area contributed by atoms with Gasteiger partial charge in [0.1, 0.15) is 0 Å². The number of rotatable bonds is 5. The van der Waals surface area contributed by atoms with Crippen LogP contribution in [0.15, 0.2) is 30.3 Å². The van der Waals surface area contributed by atoms with E-state index >= 15 is 0 Å². The Morgan fingerprint density at radius 1 is 1.30 bits per heavy atom. The zero-order chi connectivity index (χ0) is 15.0. The number of aliphatic hydroxyl groups excluding tert-OH is 1. The van der Waals surface area contributed by atoms with Gasteiger partial charge in [-0.15, -0.1) is 0 Å². The van der Waals surface area contributed by atoms with E-state index in [1.165, 1.54) is 5.56 Å². The van der Waals surface area contributed by atoms with Crippen LogP contribution in [0.3, 0.4) is 0 Å². The van der Waals surface area contributed by atoms with Gasteiger partial charge in [0.05, 0.1) is 6.10 Å². The summed E-state index contributed by atoms with van der Waals surface area (Å²) in [6.45, 7) is 11.2. The summed E-state index contributed by atoms with van der Waals surface area (Å²) in [5.41, 5.74) is 1.56. The molecule has 1 fully saturated rings. The third-order valence-electron chi connectivity index (χ3n) is 5.07. The van der Waals surface area contributed by atoms with Gasteiger partial charge in [0.2, 0.25) is 0 Å². The molecule has 2 rings (SSSR count). The Morgan fingerprint density at radius 2 is 1.90 bits per heavy atom. The van der Waals surface area contributed by atoms with Crippen LogP contribution in [0, 0.1) is 5.41 Å². The summed E-state index contributed by atoms with van der Waals surface area (Å²) in [6, 6.07) is 11.6. The van der Waals surface area contributed by atoms with E-state index in [1.807, 2.05) is 0 Å². The molecule has 2 N–H and O–H groups in total. The quantitative estimate of drug-likeness (QED) is 0.862. The lowest BCUT2D eigenvalue weighted by atomic mass is 9.64. The summed E-state index contributed by atoms with van der Waals surface area (Å²) >= 11 is 0. The first-order valence-electron chi connectivity index (χ1n) is 7.73. The number of nitrogens with one attached hydrogen (secondary N) is 1. The molecule has 20 heavy (non-hydrogen) atoms. The highest BCUT2D eigenvalue weighted by Gasteiger charge is 2.47. The van der Waals surface area contributed by atoms with Crippen LogP contribution in [0.4, 0.5) is 0 Å². The lowest BCUT2D eigenvalue weighted by Gasteiger charge is -2.51. The second-order valence-electron chi connectivity index (χ2n) is 7.65. The maximum Gasteiger partial charge on any atom is 0.0621 e. The maximum absolute atomic E-state index is 9.83. The van der Waals surface area contributed by atoms with Crippen molar-refractivity contribution in [3.63, 3.8) is 0 Å². The second-order valence-corrected chi connectivity index (χ2v) is 7.65. The summed E-state index contributed by atoms with van der Waals surface area (Å²) < 4.78 is 0. The van der Waals surface area contributed by atoms with Gasteiger partial charge in [-0.1, -0.05) is 58.0 Å². The summed E-state index contributed by atoms with van der Waals surface area (Å²) in [4.78, 5) is 0. The molecule has 0 amide bonds. The third-order valence-corrected chi connectivity index (χ3v) is 5.07. The topological polar surface area (TPSA) is 32.3 Å². The largest absolute Gasteiger partial charge is 0.392 e. The van der Waals surface area contributed by atoms with Crippen LogP contribution in [0.1, 0.15) is 53.0 Å². The number of aliphatic hydroxyl groups is 1. The number of benzene rings is 1. The van der Waals surface area contributed by atoms with Crippen LogP contribution < -0.4 is 5.32 Å². The molecule has 0 aliphatic heterocycles. The monoisotopic (exact) mass is 275 g/mol. The van der Waals surface area contributed by atoms with Gasteiger partial charge in [-0.05, 0) is 30.7 Å². The van der Waals surface area contributed by atoms with Crippen molar-refractivity contribution in [2.75, 3.05) is 0 Å². The Balaban J connectivity index is 1.93. The minimum absolute atomic E-state index is 0.00511. The summed E-state index contributed by atoms with van der Waals surface area (Å²) in [5, 5.41) is 13.5. The Labute approximate surface area is 123 Å². The molecule has 3 atom stereocenters. The zero-order valence-corrected chi connectivity index (χ0v) is 13.5. The predicted octanol–water partition coefficient (Wildman–Crippen LogP) is 3.49. The predicted molar refractivity (Wildman–Crippen MR) is 84.9 cm³/mol. The van der Waals surface area contributed by atoms with E-state index in [9.17, 15) is 5.11 Å². The molecule has 2 nitrogen and oxygen atoms in total. The number of hydrogen-bond donors (Lipinski definition) is 2. The fourth-order valence-electron chi connectivity index (χ4n) is 3.36. The van der Waals surface area contributed by atoms with Crippen molar-refractivity contribution >= 4 is 0 Å². The fourth-order valence-corrected chi connectivity index (χ4v) is 3.36. The normalized spacial score (nSPS) is 26.9. The minimum atomic E-state index is -0.158. The molecule has 0 radical (unpaired) electrons. The van der Waals surface area contributed by atoms with Gasteiger partial charge in [-0.25, -0.2) is 0 Å². The highest BCUT2D eigenvalue weighted by molar-refractivity contribution is 5.23.